The molecule has 0 saturated carbocycles. The lowest BCUT2D eigenvalue weighted by Crippen LogP contribution is -2.28. The summed E-state index contributed by atoms with van der Waals surface area (Å²) in [7, 11) is 0. The van der Waals surface area contributed by atoms with Gasteiger partial charge < -0.3 is 16.2 Å². The van der Waals surface area contributed by atoms with Gasteiger partial charge in [0.15, 0.2) is 0 Å². The lowest BCUT2D eigenvalue weighted by atomic mass is 10.0. The van der Waals surface area contributed by atoms with Crippen LogP contribution in [-0.4, -0.2) is 23.6 Å². The van der Waals surface area contributed by atoms with Gasteiger partial charge in [-0.05, 0) is 56.0 Å². The monoisotopic (exact) mass is 348 g/mol. The van der Waals surface area contributed by atoms with E-state index >= 15 is 0 Å². The second-order valence-electron chi connectivity index (χ2n) is 5.85. The maximum Gasteiger partial charge on any atom is 0.252 e. The first-order valence-corrected chi connectivity index (χ1v) is 7.95. The Hall–Kier alpha value is -2.04. The number of amides is 1. The predicted octanol–water partition coefficient (Wildman–Crippen LogP) is 3.07. The zero-order valence-electron chi connectivity index (χ0n) is 13.9. The first kappa shape index (κ1) is 20.0. The van der Waals surface area contributed by atoms with Gasteiger partial charge in [0.25, 0.3) is 5.91 Å². The number of nitrogens with one attached hydrogen (secondary N) is 1. The number of hydrogen-bond acceptors (Lipinski definition) is 3. The molecule has 24 heavy (non-hydrogen) atoms. The van der Waals surface area contributed by atoms with Gasteiger partial charge in [-0.2, -0.15) is 0 Å². The average molecular weight is 349 g/mol. The van der Waals surface area contributed by atoms with Crippen LogP contribution in [0.3, 0.4) is 0 Å². The highest BCUT2D eigenvalue weighted by molar-refractivity contribution is 5.95. The fourth-order valence-corrected chi connectivity index (χ4v) is 2.53. The fraction of sp³-hybridized carbons (Fsp3) is 0.316. The number of halogens is 1. The smallest absolute Gasteiger partial charge is 0.252 e. The van der Waals surface area contributed by atoms with Crippen molar-refractivity contribution < 1.29 is 9.90 Å². The van der Waals surface area contributed by atoms with Crippen LogP contribution in [-0.2, 0) is 12.8 Å². The summed E-state index contributed by atoms with van der Waals surface area (Å²) in [6, 6.07) is 15.9. The van der Waals surface area contributed by atoms with Gasteiger partial charge in [-0.1, -0.05) is 36.4 Å². The van der Waals surface area contributed by atoms with E-state index in [4.69, 9.17) is 5.73 Å². The highest BCUT2D eigenvalue weighted by Crippen LogP contribution is 2.18. The second-order valence-corrected chi connectivity index (χ2v) is 5.85. The summed E-state index contributed by atoms with van der Waals surface area (Å²) in [5.74, 6) is -0.668. The van der Waals surface area contributed by atoms with Crippen molar-refractivity contribution in [2.75, 3.05) is 6.54 Å². The molecule has 0 radical (unpaired) electrons. The molecule has 130 valence electrons. The van der Waals surface area contributed by atoms with E-state index in [1.807, 2.05) is 12.1 Å². The van der Waals surface area contributed by atoms with Crippen molar-refractivity contribution in [2.24, 2.45) is 5.73 Å². The zero-order chi connectivity index (χ0) is 16.7. The number of rotatable bonds is 8. The quantitative estimate of drug-likeness (QED) is 0.686. The SMILES string of the molecule is CC(CCc1ccccc1)NCCc1ccc(O)c(C(N)=O)c1.Cl. The lowest BCUT2D eigenvalue weighted by molar-refractivity contribution is 0.0997. The van der Waals surface area contributed by atoms with Crippen LogP contribution in [0.25, 0.3) is 0 Å². The molecule has 2 rings (SSSR count). The predicted molar refractivity (Wildman–Crippen MR) is 99.8 cm³/mol. The van der Waals surface area contributed by atoms with Crippen molar-refractivity contribution in [1.82, 2.24) is 5.32 Å². The van der Waals surface area contributed by atoms with Crippen molar-refractivity contribution in [3.63, 3.8) is 0 Å². The van der Waals surface area contributed by atoms with Gasteiger partial charge in [0, 0.05) is 6.04 Å². The van der Waals surface area contributed by atoms with Crippen molar-refractivity contribution in [3.05, 3.63) is 65.2 Å². The number of carbonyl (C=O) groups is 1. The van der Waals surface area contributed by atoms with Crippen LogP contribution in [0.15, 0.2) is 48.5 Å². The number of phenols is 1. The van der Waals surface area contributed by atoms with E-state index in [0.717, 1.165) is 31.4 Å². The molecule has 2 aromatic rings. The van der Waals surface area contributed by atoms with E-state index in [1.54, 1.807) is 6.07 Å². The number of carbonyl (C=O) groups excluding carboxylic acids is 1. The molecule has 1 atom stereocenters. The number of benzene rings is 2. The molecule has 0 spiro atoms. The third kappa shape index (κ3) is 6.22. The molecule has 4 nitrogen and oxygen atoms in total. The van der Waals surface area contributed by atoms with Crippen LogP contribution in [0.1, 0.15) is 34.8 Å². The number of nitrogens with two attached hydrogens (primary N) is 1. The normalized spacial score (nSPS) is 11.5. The van der Waals surface area contributed by atoms with E-state index in [9.17, 15) is 9.90 Å². The van der Waals surface area contributed by atoms with Gasteiger partial charge in [-0.15, -0.1) is 12.4 Å². The molecule has 2 aromatic carbocycles. The summed E-state index contributed by atoms with van der Waals surface area (Å²) >= 11 is 0. The summed E-state index contributed by atoms with van der Waals surface area (Å²) < 4.78 is 0. The molecular weight excluding hydrogens is 324 g/mol. The van der Waals surface area contributed by atoms with E-state index in [2.05, 4.69) is 36.5 Å². The Morgan fingerprint density at radius 1 is 1.12 bits per heavy atom. The minimum atomic E-state index is -0.603. The van der Waals surface area contributed by atoms with E-state index in [1.165, 1.54) is 11.6 Å². The minimum Gasteiger partial charge on any atom is -0.507 e. The Kier molecular flexibility index (Phi) is 8.30. The van der Waals surface area contributed by atoms with Gasteiger partial charge >= 0.3 is 0 Å². The number of aromatic hydroxyl groups is 1. The third-order valence-corrected chi connectivity index (χ3v) is 3.94. The highest BCUT2D eigenvalue weighted by atomic mass is 35.5. The molecule has 5 heteroatoms. The maximum absolute atomic E-state index is 11.2. The fourth-order valence-electron chi connectivity index (χ4n) is 2.53. The maximum atomic E-state index is 11.2. The molecular formula is C19H25ClN2O2. The molecule has 0 bridgehead atoms. The van der Waals surface area contributed by atoms with Gasteiger partial charge in [0.05, 0.1) is 5.56 Å². The van der Waals surface area contributed by atoms with Crippen LogP contribution in [0, 0.1) is 0 Å². The molecule has 0 fully saturated rings. The Morgan fingerprint density at radius 3 is 2.50 bits per heavy atom. The number of hydrogen-bond donors (Lipinski definition) is 3. The van der Waals surface area contributed by atoms with Crippen LogP contribution in [0.4, 0.5) is 0 Å². The van der Waals surface area contributed by atoms with Crippen LogP contribution < -0.4 is 11.1 Å². The summed E-state index contributed by atoms with van der Waals surface area (Å²) in [5.41, 5.74) is 7.76. The number of primary amides is 1. The Bertz CT molecular complexity index is 647. The average Bonchev–Trinajstić information content (AvgIpc) is 2.55. The second kappa shape index (κ2) is 9.96. The molecule has 4 N–H and O–H groups in total. The van der Waals surface area contributed by atoms with Gasteiger partial charge in [0.1, 0.15) is 5.75 Å². The molecule has 0 aliphatic rings. The van der Waals surface area contributed by atoms with Gasteiger partial charge in [0.2, 0.25) is 0 Å². The summed E-state index contributed by atoms with van der Waals surface area (Å²) in [5, 5.41) is 13.1. The van der Waals surface area contributed by atoms with Crippen LogP contribution in [0.5, 0.6) is 5.75 Å². The lowest BCUT2D eigenvalue weighted by Gasteiger charge is -2.14. The van der Waals surface area contributed by atoms with E-state index in [0.29, 0.717) is 6.04 Å². The molecule has 0 aromatic heterocycles. The first-order valence-electron chi connectivity index (χ1n) is 7.95. The van der Waals surface area contributed by atoms with Crippen molar-refractivity contribution in [3.8, 4) is 5.75 Å². The Morgan fingerprint density at radius 2 is 1.83 bits per heavy atom. The molecule has 0 saturated heterocycles. The third-order valence-electron chi connectivity index (χ3n) is 3.94. The van der Waals surface area contributed by atoms with Crippen LogP contribution in [0.2, 0.25) is 0 Å². The summed E-state index contributed by atoms with van der Waals surface area (Å²) in [6.07, 6.45) is 2.92. The molecule has 1 amide bonds. The zero-order valence-corrected chi connectivity index (χ0v) is 14.7. The van der Waals surface area contributed by atoms with Crippen LogP contribution >= 0.6 is 12.4 Å². The summed E-state index contributed by atoms with van der Waals surface area (Å²) in [6.45, 7) is 2.99. The molecule has 0 heterocycles. The first-order chi connectivity index (χ1) is 11.1. The van der Waals surface area contributed by atoms with E-state index in [-0.39, 0.29) is 23.7 Å². The molecule has 0 aliphatic heterocycles. The Balaban J connectivity index is 0.00000288. The van der Waals surface area contributed by atoms with E-state index < -0.39 is 5.91 Å². The minimum absolute atomic E-state index is 0. The number of aryl methyl sites for hydroxylation is 1. The van der Waals surface area contributed by atoms with Gasteiger partial charge in [-0.25, -0.2) is 0 Å². The summed E-state index contributed by atoms with van der Waals surface area (Å²) in [4.78, 5) is 11.2. The van der Waals surface area contributed by atoms with Crippen molar-refractivity contribution in [1.29, 1.82) is 0 Å². The largest absolute Gasteiger partial charge is 0.507 e. The highest BCUT2D eigenvalue weighted by Gasteiger charge is 2.08. The standard InChI is InChI=1S/C19H24N2O2.ClH/c1-14(7-8-15-5-3-2-4-6-15)21-12-11-16-9-10-18(22)17(13-16)19(20)23;/h2-6,9-10,13-14,21-22H,7-8,11-12H2,1H3,(H2,20,23);1H. The topological polar surface area (TPSA) is 75.3 Å². The van der Waals surface area contributed by atoms with Gasteiger partial charge in [-0.3, -0.25) is 4.79 Å². The Labute approximate surface area is 149 Å². The molecule has 1 unspecified atom stereocenters. The van der Waals surface area contributed by atoms with Crippen molar-refractivity contribution in [2.45, 2.75) is 32.2 Å². The van der Waals surface area contributed by atoms with Crippen molar-refractivity contribution >= 4 is 18.3 Å². The molecule has 0 aliphatic carbocycles.